The van der Waals surface area contributed by atoms with Crippen LogP contribution in [0.5, 0.6) is 0 Å². The first kappa shape index (κ1) is 27.6. The molecule has 0 amide bonds. The van der Waals surface area contributed by atoms with Crippen molar-refractivity contribution < 1.29 is 9.53 Å². The molecule has 1 saturated carbocycles. The fourth-order valence-electron chi connectivity index (χ4n) is 5.89. The van der Waals surface area contributed by atoms with Gasteiger partial charge >= 0.3 is 5.97 Å². The molecule has 3 heterocycles. The summed E-state index contributed by atoms with van der Waals surface area (Å²) in [6.45, 7) is 7.04. The second kappa shape index (κ2) is 12.5. The van der Waals surface area contributed by atoms with Gasteiger partial charge in [-0.1, -0.05) is 51.0 Å². The molecule has 8 nitrogen and oxygen atoms in total. The number of esters is 1. The van der Waals surface area contributed by atoms with Crippen molar-refractivity contribution in [3.63, 3.8) is 0 Å². The van der Waals surface area contributed by atoms with Crippen LogP contribution in [0.4, 0.5) is 0 Å². The van der Waals surface area contributed by atoms with Gasteiger partial charge in [0.2, 0.25) is 0 Å². The van der Waals surface area contributed by atoms with E-state index in [1.54, 1.807) is 6.33 Å². The van der Waals surface area contributed by atoms with E-state index in [1.807, 2.05) is 53.0 Å². The maximum atomic E-state index is 12.8. The second-order valence-electron chi connectivity index (χ2n) is 11.4. The van der Waals surface area contributed by atoms with E-state index in [0.29, 0.717) is 24.8 Å². The molecule has 1 aliphatic carbocycles. The molecule has 0 saturated heterocycles. The van der Waals surface area contributed by atoms with Gasteiger partial charge < -0.3 is 9.30 Å². The first-order valence-electron chi connectivity index (χ1n) is 14.4. The fourth-order valence-corrected chi connectivity index (χ4v) is 5.89. The second-order valence-corrected chi connectivity index (χ2v) is 11.4. The Morgan fingerprint density at radius 3 is 2.62 bits per heavy atom. The minimum atomic E-state index is -0.325. The summed E-state index contributed by atoms with van der Waals surface area (Å²) in [5, 5.41) is 15.0. The Kier molecular flexibility index (Phi) is 8.59. The summed E-state index contributed by atoms with van der Waals surface area (Å²) < 4.78 is 9.59. The molecular weight excluding hydrogens is 500 g/mol. The van der Waals surface area contributed by atoms with Gasteiger partial charge in [0, 0.05) is 23.3 Å². The van der Waals surface area contributed by atoms with Crippen molar-refractivity contribution in [1.82, 2.24) is 24.3 Å². The molecule has 1 aliphatic rings. The van der Waals surface area contributed by atoms with E-state index in [4.69, 9.17) is 4.74 Å². The lowest BCUT2D eigenvalue weighted by atomic mass is 9.96. The lowest BCUT2D eigenvalue weighted by Crippen LogP contribution is -2.17. The van der Waals surface area contributed by atoms with Crippen LogP contribution in [-0.2, 0) is 22.5 Å². The number of hydrogen-bond acceptors (Lipinski definition) is 6. The molecule has 0 spiro atoms. The number of carbonyl (C=O) groups excluding carboxylic acids is 1. The average Bonchev–Trinajstić information content (AvgIpc) is 3.73. The number of rotatable bonds is 11. The lowest BCUT2D eigenvalue weighted by Gasteiger charge is -2.21. The summed E-state index contributed by atoms with van der Waals surface area (Å²) in [6.07, 6.45) is 13.6. The van der Waals surface area contributed by atoms with Gasteiger partial charge in [0.05, 0.1) is 42.9 Å². The predicted molar refractivity (Wildman–Crippen MR) is 154 cm³/mol. The summed E-state index contributed by atoms with van der Waals surface area (Å²) in [4.78, 5) is 21.8. The quantitative estimate of drug-likeness (QED) is 0.203. The molecule has 0 radical (unpaired) electrons. The van der Waals surface area contributed by atoms with Crippen molar-refractivity contribution in [2.75, 3.05) is 6.61 Å². The van der Waals surface area contributed by atoms with Crippen LogP contribution in [0.25, 0.3) is 22.3 Å². The van der Waals surface area contributed by atoms with Crippen molar-refractivity contribution in [2.45, 2.75) is 77.8 Å². The summed E-state index contributed by atoms with van der Waals surface area (Å²) in [5.74, 6) is 0.535. The van der Waals surface area contributed by atoms with Gasteiger partial charge in [0.1, 0.15) is 18.6 Å². The minimum Gasteiger partial charge on any atom is -0.463 e. The Balaban J connectivity index is 1.24. The van der Waals surface area contributed by atoms with Gasteiger partial charge in [-0.3, -0.25) is 9.48 Å². The fraction of sp³-hybridized carbons (Fsp3) is 0.469. The van der Waals surface area contributed by atoms with Crippen molar-refractivity contribution in [3.05, 3.63) is 66.4 Å². The van der Waals surface area contributed by atoms with Gasteiger partial charge in [-0.05, 0) is 55.2 Å². The Bertz CT molecular complexity index is 1470. The van der Waals surface area contributed by atoms with E-state index < -0.39 is 0 Å². The number of hydrogen-bond donors (Lipinski definition) is 0. The van der Waals surface area contributed by atoms with Crippen LogP contribution in [0, 0.1) is 23.2 Å². The van der Waals surface area contributed by atoms with Crippen LogP contribution in [0.1, 0.15) is 76.0 Å². The number of aromatic nitrogens is 5. The molecule has 0 aliphatic heterocycles. The SMILES string of the molecule is CC(C)Cc1ccc(C(C)C(=O)OCCn2ccc3c(-c4cnn([C@H](CC#N)C5CCCC5)c4)ncnc32)cc1. The van der Waals surface area contributed by atoms with E-state index in [1.165, 1.54) is 18.4 Å². The topological polar surface area (TPSA) is 98.6 Å². The zero-order chi connectivity index (χ0) is 28.1. The first-order chi connectivity index (χ1) is 19.4. The smallest absolute Gasteiger partial charge is 0.313 e. The van der Waals surface area contributed by atoms with E-state index in [0.717, 1.165) is 47.1 Å². The van der Waals surface area contributed by atoms with Crippen LogP contribution in [-0.4, -0.2) is 36.9 Å². The van der Waals surface area contributed by atoms with Crippen molar-refractivity contribution in [1.29, 1.82) is 5.26 Å². The predicted octanol–water partition coefficient (Wildman–Crippen LogP) is 6.49. The lowest BCUT2D eigenvalue weighted by molar-refractivity contribution is -0.145. The maximum absolute atomic E-state index is 12.8. The first-order valence-corrected chi connectivity index (χ1v) is 14.4. The number of nitrogens with zero attached hydrogens (tertiary/aromatic N) is 6. The Hall–Kier alpha value is -3.99. The van der Waals surface area contributed by atoms with Gasteiger partial charge in [-0.15, -0.1) is 0 Å². The molecule has 8 heteroatoms. The van der Waals surface area contributed by atoms with Gasteiger partial charge in [-0.2, -0.15) is 10.4 Å². The largest absolute Gasteiger partial charge is 0.463 e. The summed E-state index contributed by atoms with van der Waals surface area (Å²) in [5.41, 5.74) is 4.75. The molecule has 3 aromatic heterocycles. The molecule has 5 rings (SSSR count). The third-order valence-electron chi connectivity index (χ3n) is 8.07. The zero-order valence-electron chi connectivity index (χ0n) is 23.7. The van der Waals surface area contributed by atoms with Crippen molar-refractivity contribution in [3.8, 4) is 17.3 Å². The zero-order valence-corrected chi connectivity index (χ0v) is 23.7. The Morgan fingerprint density at radius 2 is 1.90 bits per heavy atom. The maximum Gasteiger partial charge on any atom is 0.313 e. The third kappa shape index (κ3) is 6.09. The molecule has 2 atom stereocenters. The monoisotopic (exact) mass is 538 g/mol. The van der Waals surface area contributed by atoms with Crippen LogP contribution in [0.2, 0.25) is 0 Å². The average molecular weight is 539 g/mol. The number of nitriles is 1. The van der Waals surface area contributed by atoms with Gasteiger partial charge in [-0.25, -0.2) is 9.97 Å². The summed E-state index contributed by atoms with van der Waals surface area (Å²) in [6, 6.07) is 12.7. The molecule has 40 heavy (non-hydrogen) atoms. The number of ether oxygens (including phenoxy) is 1. The van der Waals surface area contributed by atoms with Crippen LogP contribution in [0.15, 0.2) is 55.2 Å². The standard InChI is InChI=1S/C32H38N6O2/c1-22(2)18-24-8-10-25(11-9-24)23(3)32(39)40-17-16-37-15-13-28-30(34-21-35-31(28)37)27-19-36-38(20-27)29(12-14-33)26-6-4-5-7-26/h8-11,13,15,19-23,26,29H,4-7,12,16-18H2,1-3H3/t23?,29-/m1/s1. The van der Waals surface area contributed by atoms with Crippen molar-refractivity contribution >= 4 is 17.0 Å². The molecule has 4 aromatic rings. The van der Waals surface area contributed by atoms with Crippen LogP contribution >= 0.6 is 0 Å². The molecule has 0 N–H and O–H groups in total. The number of fused-ring (bicyclic) bond motifs is 1. The van der Waals surface area contributed by atoms with E-state index >= 15 is 0 Å². The molecule has 1 aromatic carbocycles. The van der Waals surface area contributed by atoms with Crippen LogP contribution in [0.3, 0.4) is 0 Å². The Labute approximate surface area is 236 Å². The summed E-state index contributed by atoms with van der Waals surface area (Å²) in [7, 11) is 0. The molecular formula is C32H38N6O2. The molecule has 0 bridgehead atoms. The minimum absolute atomic E-state index is 0.0956. The third-order valence-corrected chi connectivity index (χ3v) is 8.07. The van der Waals surface area contributed by atoms with Gasteiger partial charge in [0.15, 0.2) is 0 Å². The highest BCUT2D eigenvalue weighted by molar-refractivity contribution is 5.90. The normalized spacial score (nSPS) is 15.4. The van der Waals surface area contributed by atoms with Gasteiger partial charge in [0.25, 0.3) is 0 Å². The highest BCUT2D eigenvalue weighted by Crippen LogP contribution is 2.36. The van der Waals surface area contributed by atoms with Crippen molar-refractivity contribution in [2.24, 2.45) is 11.8 Å². The molecule has 1 unspecified atom stereocenters. The number of carbonyl (C=O) groups is 1. The molecule has 1 fully saturated rings. The molecule has 208 valence electrons. The van der Waals surface area contributed by atoms with E-state index in [9.17, 15) is 10.1 Å². The highest BCUT2D eigenvalue weighted by Gasteiger charge is 2.27. The summed E-state index contributed by atoms with van der Waals surface area (Å²) >= 11 is 0. The van der Waals surface area contributed by atoms with Crippen LogP contribution < -0.4 is 0 Å². The Morgan fingerprint density at radius 1 is 1.12 bits per heavy atom. The number of benzene rings is 1. The van der Waals surface area contributed by atoms with E-state index in [-0.39, 0.29) is 24.5 Å². The van der Waals surface area contributed by atoms with E-state index in [2.05, 4.69) is 47.1 Å². The highest BCUT2D eigenvalue weighted by atomic mass is 16.5.